The minimum atomic E-state index is 0.345. The van der Waals surface area contributed by atoms with Crippen molar-refractivity contribution in [3.8, 4) is 5.75 Å². The number of rotatable bonds is 11. The number of hydrogen-bond donors (Lipinski definition) is 2. The molecule has 0 aromatic heterocycles. The van der Waals surface area contributed by atoms with Crippen LogP contribution in [0.25, 0.3) is 0 Å². The minimum Gasteiger partial charge on any atom is -0.508 e. The van der Waals surface area contributed by atoms with Crippen molar-refractivity contribution in [1.29, 1.82) is 0 Å². The molecule has 1 aromatic carbocycles. The van der Waals surface area contributed by atoms with E-state index in [0.717, 1.165) is 12.8 Å². The lowest BCUT2D eigenvalue weighted by atomic mass is 10.0. The Morgan fingerprint density at radius 3 is 1.63 bits per heavy atom. The highest BCUT2D eigenvalue weighted by atomic mass is 16.3. The average Bonchev–Trinajstić information content (AvgIpc) is 2.43. The Hall–Kier alpha value is -1.02. The van der Waals surface area contributed by atoms with Gasteiger partial charge in [-0.05, 0) is 37.0 Å². The van der Waals surface area contributed by atoms with E-state index in [9.17, 15) is 5.11 Å². The predicted molar refractivity (Wildman–Crippen MR) is 80.4 cm³/mol. The lowest BCUT2D eigenvalue weighted by Gasteiger charge is -2.03. The van der Waals surface area contributed by atoms with Crippen molar-refractivity contribution in [3.63, 3.8) is 0 Å². The first kappa shape index (κ1) is 16.0. The Morgan fingerprint density at radius 1 is 0.632 bits per heavy atom. The summed E-state index contributed by atoms with van der Waals surface area (Å²) in [7, 11) is 0. The Bertz CT molecular complexity index is 306. The summed E-state index contributed by atoms with van der Waals surface area (Å²) in [5, 5.41) is 17.9. The first-order valence-electron chi connectivity index (χ1n) is 7.71. The van der Waals surface area contributed by atoms with Crippen LogP contribution in [0.15, 0.2) is 24.3 Å². The summed E-state index contributed by atoms with van der Waals surface area (Å²) in [6.45, 7) is 0.345. The summed E-state index contributed by atoms with van der Waals surface area (Å²) in [5.41, 5.74) is 1.32. The number of unbranched alkanes of at least 4 members (excludes halogenated alkanes) is 8. The van der Waals surface area contributed by atoms with Crippen LogP contribution in [-0.2, 0) is 6.42 Å². The molecule has 0 radical (unpaired) electrons. The Kier molecular flexibility index (Phi) is 9.17. The second kappa shape index (κ2) is 10.9. The zero-order valence-corrected chi connectivity index (χ0v) is 12.0. The number of hydrogen-bond acceptors (Lipinski definition) is 2. The third-order valence-corrected chi connectivity index (χ3v) is 3.56. The van der Waals surface area contributed by atoms with E-state index in [1.165, 1.54) is 56.9 Å². The molecule has 19 heavy (non-hydrogen) atoms. The van der Waals surface area contributed by atoms with Crippen molar-refractivity contribution in [2.75, 3.05) is 6.61 Å². The third-order valence-electron chi connectivity index (χ3n) is 3.56. The van der Waals surface area contributed by atoms with Crippen LogP contribution in [0.3, 0.4) is 0 Å². The van der Waals surface area contributed by atoms with Crippen LogP contribution in [0, 0.1) is 0 Å². The van der Waals surface area contributed by atoms with Crippen molar-refractivity contribution in [2.45, 2.75) is 64.2 Å². The van der Waals surface area contributed by atoms with Gasteiger partial charge < -0.3 is 10.2 Å². The first-order chi connectivity index (χ1) is 9.33. The number of benzene rings is 1. The summed E-state index contributed by atoms with van der Waals surface area (Å²) in [6.07, 6.45) is 12.4. The third kappa shape index (κ3) is 8.66. The SMILES string of the molecule is OCCCCCCCCCCCc1ccc(O)cc1. The predicted octanol–water partition coefficient (Wildman–Crippen LogP) is 4.44. The molecule has 108 valence electrons. The molecule has 0 bridgehead atoms. The maximum atomic E-state index is 9.19. The van der Waals surface area contributed by atoms with Crippen molar-refractivity contribution in [3.05, 3.63) is 29.8 Å². The standard InChI is InChI=1S/C17H28O2/c18-15-9-7-5-3-1-2-4-6-8-10-16-11-13-17(19)14-12-16/h11-14,18-19H,1-10,15H2. The van der Waals surface area contributed by atoms with E-state index in [1.807, 2.05) is 12.1 Å². The van der Waals surface area contributed by atoms with Crippen LogP contribution < -0.4 is 0 Å². The van der Waals surface area contributed by atoms with Gasteiger partial charge in [0.1, 0.15) is 5.75 Å². The van der Waals surface area contributed by atoms with Gasteiger partial charge >= 0.3 is 0 Å². The largest absolute Gasteiger partial charge is 0.508 e. The number of phenolic OH excluding ortho intramolecular Hbond substituents is 1. The highest BCUT2D eigenvalue weighted by Gasteiger charge is 1.95. The van der Waals surface area contributed by atoms with E-state index in [0.29, 0.717) is 12.4 Å². The molecule has 0 unspecified atom stereocenters. The Balaban J connectivity index is 1.87. The number of aryl methyl sites for hydroxylation is 1. The maximum Gasteiger partial charge on any atom is 0.115 e. The normalized spacial score (nSPS) is 10.8. The first-order valence-corrected chi connectivity index (χ1v) is 7.71. The molecule has 0 amide bonds. The maximum absolute atomic E-state index is 9.19. The van der Waals surface area contributed by atoms with Crippen molar-refractivity contribution < 1.29 is 10.2 Å². The van der Waals surface area contributed by atoms with E-state index in [1.54, 1.807) is 12.1 Å². The molecule has 0 atom stereocenters. The van der Waals surface area contributed by atoms with E-state index in [4.69, 9.17) is 5.11 Å². The molecule has 0 aliphatic rings. The van der Waals surface area contributed by atoms with Gasteiger partial charge in [0.05, 0.1) is 0 Å². The van der Waals surface area contributed by atoms with Gasteiger partial charge in [0.25, 0.3) is 0 Å². The van der Waals surface area contributed by atoms with Crippen LogP contribution in [0.4, 0.5) is 0 Å². The topological polar surface area (TPSA) is 40.5 Å². The molecular formula is C17H28O2. The van der Waals surface area contributed by atoms with Gasteiger partial charge in [-0.2, -0.15) is 0 Å². The molecule has 0 heterocycles. The van der Waals surface area contributed by atoms with E-state index >= 15 is 0 Å². The molecule has 0 fully saturated rings. The smallest absolute Gasteiger partial charge is 0.115 e. The van der Waals surface area contributed by atoms with Gasteiger partial charge in [0.2, 0.25) is 0 Å². The van der Waals surface area contributed by atoms with Crippen LogP contribution in [0.5, 0.6) is 5.75 Å². The average molecular weight is 264 g/mol. The Labute approximate surface area is 117 Å². The molecule has 2 N–H and O–H groups in total. The molecule has 0 saturated heterocycles. The highest BCUT2D eigenvalue weighted by molar-refractivity contribution is 5.25. The van der Waals surface area contributed by atoms with Gasteiger partial charge in [-0.3, -0.25) is 0 Å². The molecule has 2 heteroatoms. The zero-order valence-electron chi connectivity index (χ0n) is 12.0. The summed E-state index contributed by atoms with van der Waals surface area (Å²) in [5.74, 6) is 0.352. The fraction of sp³-hybridized carbons (Fsp3) is 0.647. The van der Waals surface area contributed by atoms with Gasteiger partial charge in [-0.1, -0.05) is 57.1 Å². The molecule has 0 aliphatic heterocycles. The number of aliphatic hydroxyl groups excluding tert-OH is 1. The second-order valence-corrected chi connectivity index (χ2v) is 5.32. The van der Waals surface area contributed by atoms with Crippen molar-refractivity contribution in [1.82, 2.24) is 0 Å². The number of aliphatic hydroxyl groups is 1. The molecule has 1 aromatic rings. The molecule has 1 rings (SSSR count). The van der Waals surface area contributed by atoms with E-state index < -0.39 is 0 Å². The lowest BCUT2D eigenvalue weighted by molar-refractivity contribution is 0.282. The van der Waals surface area contributed by atoms with Crippen molar-refractivity contribution >= 4 is 0 Å². The monoisotopic (exact) mass is 264 g/mol. The van der Waals surface area contributed by atoms with Gasteiger partial charge in [0, 0.05) is 6.61 Å². The van der Waals surface area contributed by atoms with Gasteiger partial charge in [-0.25, -0.2) is 0 Å². The minimum absolute atomic E-state index is 0.345. The molecular weight excluding hydrogens is 236 g/mol. The molecule has 2 nitrogen and oxygen atoms in total. The molecule has 0 saturated carbocycles. The summed E-state index contributed by atoms with van der Waals surface area (Å²) >= 11 is 0. The number of phenols is 1. The van der Waals surface area contributed by atoms with E-state index in [2.05, 4.69) is 0 Å². The molecule has 0 spiro atoms. The number of aromatic hydroxyl groups is 1. The van der Waals surface area contributed by atoms with Crippen LogP contribution in [0.2, 0.25) is 0 Å². The quantitative estimate of drug-likeness (QED) is 0.580. The summed E-state index contributed by atoms with van der Waals surface area (Å²) in [6, 6.07) is 7.55. The van der Waals surface area contributed by atoms with Gasteiger partial charge in [-0.15, -0.1) is 0 Å². The van der Waals surface area contributed by atoms with E-state index in [-0.39, 0.29) is 0 Å². The zero-order chi connectivity index (χ0) is 13.8. The summed E-state index contributed by atoms with van der Waals surface area (Å²) in [4.78, 5) is 0. The fourth-order valence-electron chi connectivity index (χ4n) is 2.34. The van der Waals surface area contributed by atoms with Crippen LogP contribution >= 0.6 is 0 Å². The highest BCUT2D eigenvalue weighted by Crippen LogP contribution is 2.14. The Morgan fingerprint density at radius 2 is 1.11 bits per heavy atom. The lowest BCUT2D eigenvalue weighted by Crippen LogP contribution is -1.87. The van der Waals surface area contributed by atoms with Crippen molar-refractivity contribution in [2.24, 2.45) is 0 Å². The van der Waals surface area contributed by atoms with Crippen LogP contribution in [0.1, 0.15) is 63.4 Å². The van der Waals surface area contributed by atoms with Crippen LogP contribution in [-0.4, -0.2) is 16.8 Å². The second-order valence-electron chi connectivity index (χ2n) is 5.32. The van der Waals surface area contributed by atoms with Gasteiger partial charge in [0.15, 0.2) is 0 Å². The fourth-order valence-corrected chi connectivity index (χ4v) is 2.34. The summed E-state index contributed by atoms with van der Waals surface area (Å²) < 4.78 is 0. The molecule has 0 aliphatic carbocycles.